The molecule has 0 aliphatic carbocycles. The molecule has 0 radical (unpaired) electrons. The van der Waals surface area contributed by atoms with Crippen LogP contribution in [-0.2, 0) is 23.7 Å². The van der Waals surface area contributed by atoms with Gasteiger partial charge in [0.1, 0.15) is 0 Å². The first kappa shape index (κ1) is 24.8. The molecule has 0 amide bonds. The highest BCUT2D eigenvalue weighted by molar-refractivity contribution is 5.99. The largest absolute Gasteiger partial charge is 0.0599 e. The van der Waals surface area contributed by atoms with Crippen molar-refractivity contribution in [2.24, 2.45) is 10.8 Å². The second kappa shape index (κ2) is 7.89. The molecule has 0 saturated heterocycles. The van der Waals surface area contributed by atoms with E-state index in [1.807, 2.05) is 0 Å². The molecule has 0 bridgehead atoms. The summed E-state index contributed by atoms with van der Waals surface area (Å²) in [6.45, 7) is 28.1. The second-order valence-corrected chi connectivity index (χ2v) is 14.5. The molecular formula is C32H46. The van der Waals surface area contributed by atoms with Crippen LogP contribution in [0.3, 0.4) is 0 Å². The average molecular weight is 431 g/mol. The van der Waals surface area contributed by atoms with Gasteiger partial charge in [0.05, 0.1) is 0 Å². The molecule has 0 aliphatic rings. The first-order chi connectivity index (χ1) is 14.3. The van der Waals surface area contributed by atoms with Crippen LogP contribution in [0.1, 0.15) is 105 Å². The Morgan fingerprint density at radius 3 is 0.938 bits per heavy atom. The predicted molar refractivity (Wildman–Crippen MR) is 145 cm³/mol. The Morgan fingerprint density at radius 2 is 0.688 bits per heavy atom. The molecule has 0 heteroatoms. The monoisotopic (exact) mass is 430 g/mol. The highest BCUT2D eigenvalue weighted by Crippen LogP contribution is 2.38. The van der Waals surface area contributed by atoms with Crippen molar-refractivity contribution >= 4 is 21.5 Å². The van der Waals surface area contributed by atoms with E-state index in [9.17, 15) is 0 Å². The van der Waals surface area contributed by atoms with Crippen molar-refractivity contribution in [3.05, 3.63) is 58.7 Å². The number of benzene rings is 3. The molecule has 3 rings (SSSR count). The maximum atomic E-state index is 2.47. The quantitative estimate of drug-likeness (QED) is 0.355. The van der Waals surface area contributed by atoms with Gasteiger partial charge in [-0.05, 0) is 90.4 Å². The lowest BCUT2D eigenvalue weighted by Crippen LogP contribution is -2.18. The Balaban J connectivity index is 2.31. The summed E-state index contributed by atoms with van der Waals surface area (Å²) in [7, 11) is 0. The lowest BCUT2D eigenvalue weighted by Gasteiger charge is -2.29. The zero-order valence-corrected chi connectivity index (χ0v) is 22.9. The number of fused-ring (bicyclic) bond motifs is 2. The average Bonchev–Trinajstić information content (AvgIpc) is 2.54. The van der Waals surface area contributed by atoms with Crippen LogP contribution in [0.15, 0.2) is 36.4 Å². The van der Waals surface area contributed by atoms with Gasteiger partial charge in [0.15, 0.2) is 0 Å². The number of hydrogen-bond acceptors (Lipinski definition) is 0. The SMILES string of the molecule is CC(C)(C)Cc1cc2cc3cc(CC(C)(C)C)c(C(C)(C)C)cc3cc2cc1C(C)(C)C. The Morgan fingerprint density at radius 1 is 0.406 bits per heavy atom. The van der Waals surface area contributed by atoms with E-state index in [-0.39, 0.29) is 21.7 Å². The van der Waals surface area contributed by atoms with Crippen molar-refractivity contribution in [3.63, 3.8) is 0 Å². The van der Waals surface area contributed by atoms with Crippen LogP contribution in [0.5, 0.6) is 0 Å². The highest BCUT2D eigenvalue weighted by atomic mass is 14.3. The third-order valence-corrected chi connectivity index (χ3v) is 6.30. The van der Waals surface area contributed by atoms with Crippen LogP contribution in [0.4, 0.5) is 0 Å². The van der Waals surface area contributed by atoms with E-state index in [2.05, 4.69) is 119 Å². The van der Waals surface area contributed by atoms with Gasteiger partial charge >= 0.3 is 0 Å². The van der Waals surface area contributed by atoms with Gasteiger partial charge in [-0.15, -0.1) is 0 Å². The number of rotatable bonds is 2. The highest BCUT2D eigenvalue weighted by Gasteiger charge is 2.24. The molecule has 3 aromatic carbocycles. The summed E-state index contributed by atoms with van der Waals surface area (Å²) >= 11 is 0. The molecule has 0 aliphatic heterocycles. The van der Waals surface area contributed by atoms with Crippen molar-refractivity contribution in [1.29, 1.82) is 0 Å². The van der Waals surface area contributed by atoms with Crippen molar-refractivity contribution in [1.82, 2.24) is 0 Å². The molecule has 174 valence electrons. The first-order valence-electron chi connectivity index (χ1n) is 12.4. The van der Waals surface area contributed by atoms with E-state index < -0.39 is 0 Å². The van der Waals surface area contributed by atoms with E-state index in [1.54, 1.807) is 0 Å². The minimum atomic E-state index is 0.136. The molecule has 3 aromatic rings. The first-order valence-corrected chi connectivity index (χ1v) is 12.4. The maximum Gasteiger partial charge on any atom is -0.0129 e. The maximum absolute atomic E-state index is 2.47. The van der Waals surface area contributed by atoms with Crippen LogP contribution in [0, 0.1) is 10.8 Å². The topological polar surface area (TPSA) is 0 Å². The van der Waals surface area contributed by atoms with E-state index in [0.717, 1.165) is 12.8 Å². The van der Waals surface area contributed by atoms with Gasteiger partial charge in [-0.1, -0.05) is 107 Å². The molecular weight excluding hydrogens is 384 g/mol. The van der Waals surface area contributed by atoms with Crippen LogP contribution < -0.4 is 0 Å². The summed E-state index contributed by atoms with van der Waals surface area (Å²) in [5.74, 6) is 0. The Labute approximate surface area is 197 Å². The van der Waals surface area contributed by atoms with Crippen molar-refractivity contribution in [2.45, 2.75) is 107 Å². The minimum Gasteiger partial charge on any atom is -0.0599 e. The molecule has 0 heterocycles. The van der Waals surface area contributed by atoms with Crippen molar-refractivity contribution in [2.75, 3.05) is 0 Å². The number of hydrogen-bond donors (Lipinski definition) is 0. The fourth-order valence-electron chi connectivity index (χ4n) is 5.03. The molecule has 32 heavy (non-hydrogen) atoms. The molecule has 0 nitrogen and oxygen atoms in total. The lowest BCUT2D eigenvalue weighted by molar-refractivity contribution is 0.406. The van der Waals surface area contributed by atoms with E-state index in [0.29, 0.717) is 0 Å². The minimum absolute atomic E-state index is 0.136. The summed E-state index contributed by atoms with van der Waals surface area (Å²) in [6, 6.07) is 14.7. The van der Waals surface area contributed by atoms with E-state index in [4.69, 9.17) is 0 Å². The summed E-state index contributed by atoms with van der Waals surface area (Å²) in [5, 5.41) is 5.47. The molecule has 0 unspecified atom stereocenters. The van der Waals surface area contributed by atoms with Gasteiger partial charge in [-0.25, -0.2) is 0 Å². The molecule has 0 atom stereocenters. The smallest absolute Gasteiger partial charge is 0.0129 e. The summed E-state index contributed by atoms with van der Waals surface area (Å²) in [4.78, 5) is 0. The molecule has 0 saturated carbocycles. The standard InChI is InChI=1S/C32H46/c1-29(2,3)19-25-15-21-13-22-16-26(20-30(4,5)6)28(32(10,11)12)18-24(22)14-23(21)17-27(25)31(7,8)9/h13-18H,19-20H2,1-12H3. The molecule has 0 aromatic heterocycles. The second-order valence-electron chi connectivity index (χ2n) is 14.5. The van der Waals surface area contributed by atoms with Crippen molar-refractivity contribution in [3.8, 4) is 0 Å². The summed E-state index contributed by atoms with van der Waals surface area (Å²) < 4.78 is 0. The third kappa shape index (κ3) is 5.75. The summed E-state index contributed by atoms with van der Waals surface area (Å²) in [6.07, 6.45) is 2.21. The fraction of sp³-hybridized carbons (Fsp3) is 0.562. The molecule has 0 spiro atoms. The van der Waals surface area contributed by atoms with E-state index >= 15 is 0 Å². The van der Waals surface area contributed by atoms with Crippen LogP contribution >= 0.6 is 0 Å². The zero-order valence-electron chi connectivity index (χ0n) is 22.9. The van der Waals surface area contributed by atoms with Gasteiger partial charge in [0.2, 0.25) is 0 Å². The van der Waals surface area contributed by atoms with Crippen LogP contribution in [0.25, 0.3) is 21.5 Å². The van der Waals surface area contributed by atoms with Crippen LogP contribution in [0.2, 0.25) is 0 Å². The molecule has 0 N–H and O–H groups in total. The summed E-state index contributed by atoms with van der Waals surface area (Å²) in [5.41, 5.74) is 6.78. The van der Waals surface area contributed by atoms with Gasteiger partial charge in [-0.3, -0.25) is 0 Å². The fourth-order valence-corrected chi connectivity index (χ4v) is 5.03. The van der Waals surface area contributed by atoms with Crippen LogP contribution in [-0.4, -0.2) is 0 Å². The van der Waals surface area contributed by atoms with Gasteiger partial charge in [0.25, 0.3) is 0 Å². The van der Waals surface area contributed by atoms with Crippen molar-refractivity contribution < 1.29 is 0 Å². The Bertz CT molecular complexity index is 1040. The third-order valence-electron chi connectivity index (χ3n) is 6.30. The van der Waals surface area contributed by atoms with Gasteiger partial charge < -0.3 is 0 Å². The normalized spacial score (nSPS) is 13.9. The van der Waals surface area contributed by atoms with E-state index in [1.165, 1.54) is 43.8 Å². The Kier molecular flexibility index (Phi) is 6.12. The Hall–Kier alpha value is -1.82. The predicted octanol–water partition coefficient (Wildman–Crippen LogP) is 9.77. The zero-order chi connectivity index (χ0) is 24.3. The lowest BCUT2D eigenvalue weighted by atomic mass is 9.76. The molecule has 0 fully saturated rings. The van der Waals surface area contributed by atoms with Gasteiger partial charge in [0, 0.05) is 0 Å². The van der Waals surface area contributed by atoms with Gasteiger partial charge in [-0.2, -0.15) is 0 Å².